The molecule has 2 N–H and O–H groups in total. The third-order valence-corrected chi connectivity index (χ3v) is 3.08. The van der Waals surface area contributed by atoms with Crippen LogP contribution in [0.15, 0.2) is 0 Å². The normalized spacial score (nSPS) is 19.7. The molecule has 1 fully saturated rings. The molecule has 0 aromatic rings. The van der Waals surface area contributed by atoms with Crippen molar-refractivity contribution in [1.82, 2.24) is 5.32 Å². The van der Waals surface area contributed by atoms with Crippen molar-refractivity contribution >= 4 is 5.97 Å². The van der Waals surface area contributed by atoms with Gasteiger partial charge in [-0.05, 0) is 12.3 Å². The Kier molecular flexibility index (Phi) is 5.09. The molecule has 0 heterocycles. The molecule has 3 nitrogen and oxygen atoms in total. The van der Waals surface area contributed by atoms with Crippen molar-refractivity contribution in [2.75, 3.05) is 0 Å². The lowest BCUT2D eigenvalue weighted by Gasteiger charge is -2.22. The fraction of sp³-hybridized carbons (Fsp3) is 0.917. The topological polar surface area (TPSA) is 49.3 Å². The molecule has 0 spiro atoms. The first-order valence-electron chi connectivity index (χ1n) is 6.05. The Morgan fingerprint density at radius 3 is 2.47 bits per heavy atom. The minimum Gasteiger partial charge on any atom is -0.481 e. The summed E-state index contributed by atoms with van der Waals surface area (Å²) in [6.07, 6.45) is 6.52. The van der Waals surface area contributed by atoms with Crippen LogP contribution in [0.25, 0.3) is 0 Å². The second-order valence-electron chi connectivity index (χ2n) is 5.00. The number of hydrogen-bond acceptors (Lipinski definition) is 2. The summed E-state index contributed by atoms with van der Waals surface area (Å²) in [5.41, 5.74) is 0. The molecule has 0 saturated heterocycles. The highest BCUT2D eigenvalue weighted by Gasteiger charge is 2.22. The van der Waals surface area contributed by atoms with Gasteiger partial charge in [0.05, 0.1) is 6.42 Å². The van der Waals surface area contributed by atoms with Gasteiger partial charge in [0.25, 0.3) is 0 Å². The van der Waals surface area contributed by atoms with E-state index >= 15 is 0 Å². The van der Waals surface area contributed by atoms with Crippen LogP contribution in [0, 0.1) is 5.92 Å². The molecule has 0 aliphatic heterocycles. The SMILES string of the molecule is CC(C)NC(CC(=O)O)CC1CCCC1. The predicted molar refractivity (Wildman–Crippen MR) is 60.9 cm³/mol. The lowest BCUT2D eigenvalue weighted by Crippen LogP contribution is -2.37. The Morgan fingerprint density at radius 2 is 2.00 bits per heavy atom. The Labute approximate surface area is 92.3 Å². The molecule has 0 radical (unpaired) electrons. The molecule has 15 heavy (non-hydrogen) atoms. The van der Waals surface area contributed by atoms with Gasteiger partial charge in [-0.15, -0.1) is 0 Å². The van der Waals surface area contributed by atoms with Gasteiger partial charge in [-0.25, -0.2) is 0 Å². The minimum absolute atomic E-state index is 0.158. The van der Waals surface area contributed by atoms with Gasteiger partial charge in [0, 0.05) is 12.1 Å². The quantitative estimate of drug-likeness (QED) is 0.712. The Bertz CT molecular complexity index is 198. The molecule has 1 atom stereocenters. The zero-order valence-electron chi connectivity index (χ0n) is 9.83. The van der Waals surface area contributed by atoms with Gasteiger partial charge in [0.2, 0.25) is 0 Å². The van der Waals surface area contributed by atoms with Crippen molar-refractivity contribution in [1.29, 1.82) is 0 Å². The number of carbonyl (C=O) groups is 1. The average Bonchev–Trinajstić information content (AvgIpc) is 2.53. The summed E-state index contributed by atoms with van der Waals surface area (Å²) in [4.78, 5) is 10.7. The summed E-state index contributed by atoms with van der Waals surface area (Å²) in [7, 11) is 0. The van der Waals surface area contributed by atoms with Gasteiger partial charge in [0.1, 0.15) is 0 Å². The molecule has 0 bridgehead atoms. The van der Waals surface area contributed by atoms with Crippen molar-refractivity contribution in [3.63, 3.8) is 0 Å². The van der Waals surface area contributed by atoms with Crippen molar-refractivity contribution < 1.29 is 9.90 Å². The molecule has 1 unspecified atom stereocenters. The Hall–Kier alpha value is -0.570. The monoisotopic (exact) mass is 213 g/mol. The number of carboxylic acids is 1. The van der Waals surface area contributed by atoms with E-state index in [1.165, 1.54) is 25.7 Å². The van der Waals surface area contributed by atoms with E-state index in [1.807, 2.05) is 0 Å². The molecule has 0 amide bonds. The third-order valence-electron chi connectivity index (χ3n) is 3.08. The maximum absolute atomic E-state index is 10.7. The molecule has 0 aromatic heterocycles. The van der Waals surface area contributed by atoms with Crippen molar-refractivity contribution in [2.45, 2.75) is 64.5 Å². The molecule has 1 aliphatic carbocycles. The summed E-state index contributed by atoms with van der Waals surface area (Å²) in [5.74, 6) is 0.0618. The summed E-state index contributed by atoms with van der Waals surface area (Å²) in [6, 6.07) is 0.529. The van der Waals surface area contributed by atoms with Gasteiger partial charge in [0.15, 0.2) is 0 Å². The molecule has 1 rings (SSSR count). The minimum atomic E-state index is -0.689. The van der Waals surface area contributed by atoms with Gasteiger partial charge < -0.3 is 10.4 Å². The highest BCUT2D eigenvalue weighted by atomic mass is 16.4. The van der Waals surface area contributed by atoms with Gasteiger partial charge in [-0.2, -0.15) is 0 Å². The van der Waals surface area contributed by atoms with Crippen LogP contribution in [0.5, 0.6) is 0 Å². The summed E-state index contributed by atoms with van der Waals surface area (Å²) >= 11 is 0. The second kappa shape index (κ2) is 6.11. The summed E-state index contributed by atoms with van der Waals surface area (Å²) < 4.78 is 0. The Balaban J connectivity index is 2.36. The van der Waals surface area contributed by atoms with Gasteiger partial charge >= 0.3 is 5.97 Å². The molecular weight excluding hydrogens is 190 g/mol. The number of nitrogens with one attached hydrogen (secondary N) is 1. The zero-order chi connectivity index (χ0) is 11.3. The van der Waals surface area contributed by atoms with Crippen LogP contribution in [0.4, 0.5) is 0 Å². The van der Waals surface area contributed by atoms with E-state index in [2.05, 4.69) is 19.2 Å². The first-order valence-corrected chi connectivity index (χ1v) is 6.05. The van der Waals surface area contributed by atoms with E-state index in [9.17, 15) is 4.79 Å². The van der Waals surface area contributed by atoms with Crippen LogP contribution in [0.1, 0.15) is 52.4 Å². The number of rotatable bonds is 6. The average molecular weight is 213 g/mol. The lowest BCUT2D eigenvalue weighted by atomic mass is 9.96. The molecule has 1 saturated carbocycles. The summed E-state index contributed by atoms with van der Waals surface area (Å²) in [6.45, 7) is 4.15. The molecular formula is C12H23NO2. The van der Waals surface area contributed by atoms with Crippen LogP contribution in [0.2, 0.25) is 0 Å². The van der Waals surface area contributed by atoms with Crippen LogP contribution >= 0.6 is 0 Å². The predicted octanol–water partition coefficient (Wildman–Crippen LogP) is 2.41. The largest absolute Gasteiger partial charge is 0.481 e. The molecule has 1 aliphatic rings. The first-order chi connectivity index (χ1) is 7.08. The maximum Gasteiger partial charge on any atom is 0.304 e. The van der Waals surface area contributed by atoms with E-state index in [0.717, 1.165) is 12.3 Å². The first kappa shape index (κ1) is 12.5. The van der Waals surface area contributed by atoms with Crippen LogP contribution in [0.3, 0.4) is 0 Å². The maximum atomic E-state index is 10.7. The number of carboxylic acid groups (broad SMARTS) is 1. The fourth-order valence-electron chi connectivity index (χ4n) is 2.54. The smallest absolute Gasteiger partial charge is 0.304 e. The van der Waals surface area contributed by atoms with E-state index in [-0.39, 0.29) is 12.5 Å². The van der Waals surface area contributed by atoms with E-state index in [0.29, 0.717) is 6.04 Å². The standard InChI is InChI=1S/C12H23NO2/c1-9(2)13-11(8-12(14)15)7-10-5-3-4-6-10/h9-11,13H,3-8H2,1-2H3,(H,14,15). The molecule has 3 heteroatoms. The van der Waals surface area contributed by atoms with E-state index < -0.39 is 5.97 Å². The lowest BCUT2D eigenvalue weighted by molar-refractivity contribution is -0.137. The van der Waals surface area contributed by atoms with Crippen LogP contribution in [-0.2, 0) is 4.79 Å². The number of aliphatic carboxylic acids is 1. The third kappa shape index (κ3) is 5.17. The summed E-state index contributed by atoms with van der Waals surface area (Å²) in [5, 5.41) is 12.2. The van der Waals surface area contributed by atoms with Gasteiger partial charge in [-0.3, -0.25) is 4.79 Å². The van der Waals surface area contributed by atoms with Crippen molar-refractivity contribution in [3.05, 3.63) is 0 Å². The zero-order valence-corrected chi connectivity index (χ0v) is 9.83. The highest BCUT2D eigenvalue weighted by Crippen LogP contribution is 2.29. The Morgan fingerprint density at radius 1 is 1.40 bits per heavy atom. The van der Waals surface area contributed by atoms with Crippen LogP contribution < -0.4 is 5.32 Å². The number of hydrogen-bond donors (Lipinski definition) is 2. The molecule has 88 valence electrons. The van der Waals surface area contributed by atoms with E-state index in [1.54, 1.807) is 0 Å². The fourth-order valence-corrected chi connectivity index (χ4v) is 2.54. The second-order valence-corrected chi connectivity index (χ2v) is 5.00. The van der Waals surface area contributed by atoms with Gasteiger partial charge in [-0.1, -0.05) is 39.5 Å². The van der Waals surface area contributed by atoms with E-state index in [4.69, 9.17) is 5.11 Å². The molecule has 0 aromatic carbocycles. The van der Waals surface area contributed by atoms with Crippen LogP contribution in [-0.4, -0.2) is 23.2 Å². The van der Waals surface area contributed by atoms with Crippen molar-refractivity contribution in [3.8, 4) is 0 Å². The van der Waals surface area contributed by atoms with Crippen molar-refractivity contribution in [2.24, 2.45) is 5.92 Å². The highest BCUT2D eigenvalue weighted by molar-refractivity contribution is 5.67.